The Morgan fingerprint density at radius 2 is 1.71 bits per heavy atom. The molecule has 0 amide bonds. The first-order valence-electron chi connectivity index (χ1n) is 11.5. The molecule has 0 heterocycles. The van der Waals surface area contributed by atoms with Crippen LogP contribution in [0, 0.1) is 23.7 Å². The maximum atomic E-state index is 6.41. The summed E-state index contributed by atoms with van der Waals surface area (Å²) in [6, 6.07) is 13.2. The lowest BCUT2D eigenvalue weighted by Gasteiger charge is -2.33. The molecule has 0 saturated heterocycles. The van der Waals surface area contributed by atoms with Gasteiger partial charge in [0.15, 0.2) is 6.29 Å². The van der Waals surface area contributed by atoms with E-state index in [4.69, 9.17) is 9.47 Å². The van der Waals surface area contributed by atoms with Crippen molar-refractivity contribution in [3.63, 3.8) is 0 Å². The number of hydrogen-bond acceptors (Lipinski definition) is 2. The normalized spacial score (nSPS) is 33.2. The van der Waals surface area contributed by atoms with E-state index in [9.17, 15) is 0 Å². The first-order valence-corrected chi connectivity index (χ1v) is 11.5. The van der Waals surface area contributed by atoms with Crippen LogP contribution in [0.1, 0.15) is 70.8 Å². The Morgan fingerprint density at radius 1 is 0.929 bits per heavy atom. The Morgan fingerprint density at radius 3 is 2.57 bits per heavy atom. The van der Waals surface area contributed by atoms with Gasteiger partial charge in [0.1, 0.15) is 5.75 Å². The molecule has 2 heteroatoms. The van der Waals surface area contributed by atoms with E-state index in [1.807, 2.05) is 0 Å². The fourth-order valence-electron chi connectivity index (χ4n) is 6.49. The van der Waals surface area contributed by atoms with Crippen LogP contribution in [0.15, 0.2) is 36.4 Å². The zero-order valence-corrected chi connectivity index (χ0v) is 17.6. The number of rotatable bonds is 6. The van der Waals surface area contributed by atoms with Crippen molar-refractivity contribution in [1.29, 1.82) is 0 Å². The zero-order valence-electron chi connectivity index (χ0n) is 17.6. The van der Waals surface area contributed by atoms with Crippen LogP contribution >= 0.6 is 0 Å². The first kappa shape index (κ1) is 18.5. The molecule has 0 N–H and O–H groups in total. The van der Waals surface area contributed by atoms with Crippen LogP contribution in [0.25, 0.3) is 10.8 Å². The van der Waals surface area contributed by atoms with Crippen LogP contribution in [-0.4, -0.2) is 12.4 Å². The highest BCUT2D eigenvalue weighted by atomic mass is 16.7. The van der Waals surface area contributed by atoms with Crippen molar-refractivity contribution < 1.29 is 9.47 Å². The van der Waals surface area contributed by atoms with Crippen molar-refractivity contribution in [2.24, 2.45) is 23.7 Å². The molecule has 150 valence electrons. The lowest BCUT2D eigenvalue weighted by Crippen LogP contribution is -2.34. The summed E-state index contributed by atoms with van der Waals surface area (Å²) in [5.41, 5.74) is 1.42. The average molecular weight is 379 g/mol. The van der Waals surface area contributed by atoms with Crippen molar-refractivity contribution in [1.82, 2.24) is 0 Å². The van der Waals surface area contributed by atoms with Gasteiger partial charge in [0.2, 0.25) is 0 Å². The van der Waals surface area contributed by atoms with Crippen LogP contribution in [0.4, 0.5) is 0 Å². The van der Waals surface area contributed by atoms with Gasteiger partial charge in [-0.25, -0.2) is 0 Å². The molecule has 7 unspecified atom stereocenters. The van der Waals surface area contributed by atoms with Crippen molar-refractivity contribution in [3.8, 4) is 5.75 Å². The van der Waals surface area contributed by atoms with Crippen molar-refractivity contribution in [3.05, 3.63) is 42.0 Å². The van der Waals surface area contributed by atoms with E-state index >= 15 is 0 Å². The van der Waals surface area contributed by atoms with E-state index in [1.165, 1.54) is 54.9 Å². The van der Waals surface area contributed by atoms with Crippen molar-refractivity contribution >= 4 is 10.8 Å². The van der Waals surface area contributed by atoms with Gasteiger partial charge in [-0.05, 0) is 97.1 Å². The fourth-order valence-corrected chi connectivity index (χ4v) is 6.49. The summed E-state index contributed by atoms with van der Waals surface area (Å²) < 4.78 is 12.6. The van der Waals surface area contributed by atoms with Crippen LogP contribution in [-0.2, 0) is 4.74 Å². The van der Waals surface area contributed by atoms with E-state index in [2.05, 4.69) is 57.2 Å². The molecule has 0 aliphatic heterocycles. The molecule has 2 aromatic carbocycles. The number of benzene rings is 2. The summed E-state index contributed by atoms with van der Waals surface area (Å²) in [5, 5.41) is 2.53. The third-order valence-electron chi connectivity index (χ3n) is 8.05. The molecule has 3 aliphatic rings. The second-order valence-corrected chi connectivity index (χ2v) is 9.59. The lowest BCUT2D eigenvalue weighted by atomic mass is 9.80. The summed E-state index contributed by atoms with van der Waals surface area (Å²) in [6.07, 6.45) is 8.42. The largest absolute Gasteiger partial charge is 0.465 e. The van der Waals surface area contributed by atoms with E-state index in [1.54, 1.807) is 0 Å². The Kier molecular flexibility index (Phi) is 4.87. The van der Waals surface area contributed by atoms with Gasteiger partial charge in [-0.2, -0.15) is 0 Å². The molecular weight excluding hydrogens is 344 g/mol. The minimum absolute atomic E-state index is 0.180. The molecule has 2 bridgehead atoms. The molecule has 2 nitrogen and oxygen atoms in total. The summed E-state index contributed by atoms with van der Waals surface area (Å²) in [7, 11) is 0. The van der Waals surface area contributed by atoms with Gasteiger partial charge < -0.3 is 9.47 Å². The van der Waals surface area contributed by atoms with Crippen molar-refractivity contribution in [2.45, 2.75) is 77.6 Å². The highest BCUT2D eigenvalue weighted by Gasteiger charge is 2.54. The molecule has 28 heavy (non-hydrogen) atoms. The Hall–Kier alpha value is -1.54. The molecule has 5 rings (SSSR count). The van der Waals surface area contributed by atoms with E-state index in [0.717, 1.165) is 29.4 Å². The topological polar surface area (TPSA) is 18.5 Å². The molecule has 3 fully saturated rings. The SMILES string of the molecule is CCC(C)c1ccc2cc(OC(C)OC3CC4CC3C3CCCC43)ccc2c1. The van der Waals surface area contributed by atoms with Gasteiger partial charge in [-0.1, -0.05) is 44.5 Å². The van der Waals surface area contributed by atoms with Crippen LogP contribution in [0.3, 0.4) is 0 Å². The number of hydrogen-bond donors (Lipinski definition) is 0. The third-order valence-corrected chi connectivity index (χ3v) is 8.05. The Labute approximate surface area is 169 Å². The highest BCUT2D eigenvalue weighted by Crippen LogP contribution is 2.59. The summed E-state index contributed by atoms with van der Waals surface area (Å²) in [5.74, 6) is 5.19. The highest BCUT2D eigenvalue weighted by molar-refractivity contribution is 5.84. The van der Waals surface area contributed by atoms with Crippen LogP contribution < -0.4 is 4.74 Å². The minimum Gasteiger partial charge on any atom is -0.465 e. The molecule has 0 aromatic heterocycles. The molecule has 7 atom stereocenters. The standard InChI is InChI=1S/C26H34O2/c1-4-16(2)18-8-9-20-13-22(11-10-19(20)12-18)27-17(3)28-26-15-21-14-25(26)24-7-5-6-23(21)24/h8-13,16-17,21,23-26H,4-7,14-15H2,1-3H3. The second-order valence-electron chi connectivity index (χ2n) is 9.59. The molecular formula is C26H34O2. The lowest BCUT2D eigenvalue weighted by molar-refractivity contribution is -0.132. The summed E-state index contributed by atoms with van der Waals surface area (Å²) >= 11 is 0. The molecule has 3 aliphatic carbocycles. The number of fused-ring (bicyclic) bond motifs is 6. The maximum absolute atomic E-state index is 6.41. The zero-order chi connectivity index (χ0) is 19.3. The van der Waals surface area contributed by atoms with E-state index < -0.39 is 0 Å². The van der Waals surface area contributed by atoms with Gasteiger partial charge in [-0.3, -0.25) is 0 Å². The Bertz CT molecular complexity index is 843. The number of ether oxygens (including phenoxy) is 2. The van der Waals surface area contributed by atoms with Crippen molar-refractivity contribution in [2.75, 3.05) is 0 Å². The van der Waals surface area contributed by atoms with Gasteiger partial charge in [0.25, 0.3) is 0 Å². The predicted octanol–water partition coefficient (Wildman–Crippen LogP) is 6.92. The van der Waals surface area contributed by atoms with Gasteiger partial charge >= 0.3 is 0 Å². The quantitative estimate of drug-likeness (QED) is 0.508. The third kappa shape index (κ3) is 3.24. The summed E-state index contributed by atoms with van der Waals surface area (Å²) in [6.45, 7) is 6.60. The van der Waals surface area contributed by atoms with Gasteiger partial charge in [0, 0.05) is 0 Å². The fraction of sp³-hybridized carbons (Fsp3) is 0.615. The smallest absolute Gasteiger partial charge is 0.197 e. The summed E-state index contributed by atoms with van der Waals surface area (Å²) in [4.78, 5) is 0. The van der Waals surface area contributed by atoms with Gasteiger partial charge in [-0.15, -0.1) is 0 Å². The molecule has 0 spiro atoms. The second kappa shape index (κ2) is 7.37. The monoisotopic (exact) mass is 378 g/mol. The van der Waals surface area contributed by atoms with E-state index in [0.29, 0.717) is 12.0 Å². The van der Waals surface area contributed by atoms with Crippen LogP contribution in [0.5, 0.6) is 5.75 Å². The predicted molar refractivity (Wildman–Crippen MR) is 115 cm³/mol. The first-order chi connectivity index (χ1) is 13.6. The maximum Gasteiger partial charge on any atom is 0.197 e. The van der Waals surface area contributed by atoms with Gasteiger partial charge in [0.05, 0.1) is 6.10 Å². The molecule has 2 aromatic rings. The van der Waals surface area contributed by atoms with E-state index in [-0.39, 0.29) is 6.29 Å². The molecule has 0 radical (unpaired) electrons. The molecule has 3 saturated carbocycles. The Balaban J connectivity index is 1.24. The minimum atomic E-state index is -0.180. The average Bonchev–Trinajstić information content (AvgIpc) is 3.40. The van der Waals surface area contributed by atoms with Crippen LogP contribution in [0.2, 0.25) is 0 Å².